The highest BCUT2D eigenvalue weighted by Gasteiger charge is 2.16. The van der Waals surface area contributed by atoms with Gasteiger partial charge in [-0.2, -0.15) is 0 Å². The number of ether oxygens (including phenoxy) is 3. The molecule has 0 unspecified atom stereocenters. The van der Waals surface area contributed by atoms with E-state index in [1.54, 1.807) is 21.3 Å². The first-order valence-electron chi connectivity index (χ1n) is 6.59. The van der Waals surface area contributed by atoms with E-state index in [1.807, 2.05) is 12.1 Å². The SMILES string of the molecule is COc1cc([C@H](N)CCC(C)C)cc(OC)c1OC. The summed E-state index contributed by atoms with van der Waals surface area (Å²) in [7, 11) is 4.82. The van der Waals surface area contributed by atoms with Crippen LogP contribution in [0.3, 0.4) is 0 Å². The van der Waals surface area contributed by atoms with Crippen LogP contribution in [0.15, 0.2) is 12.1 Å². The molecular formula is C15H25NO3. The van der Waals surface area contributed by atoms with E-state index in [2.05, 4.69) is 13.8 Å². The van der Waals surface area contributed by atoms with Gasteiger partial charge in [-0.05, 0) is 36.5 Å². The number of rotatable bonds is 7. The fourth-order valence-corrected chi connectivity index (χ4v) is 2.00. The molecule has 1 aromatic rings. The van der Waals surface area contributed by atoms with Crippen molar-refractivity contribution in [3.8, 4) is 17.2 Å². The Bertz CT molecular complexity index is 379. The van der Waals surface area contributed by atoms with Gasteiger partial charge in [0.05, 0.1) is 21.3 Å². The average Bonchev–Trinajstić information content (AvgIpc) is 2.42. The van der Waals surface area contributed by atoms with Crippen LogP contribution < -0.4 is 19.9 Å². The summed E-state index contributed by atoms with van der Waals surface area (Å²) in [5.74, 6) is 2.55. The lowest BCUT2D eigenvalue weighted by Crippen LogP contribution is -2.12. The highest BCUT2D eigenvalue weighted by molar-refractivity contribution is 5.54. The summed E-state index contributed by atoms with van der Waals surface area (Å²) >= 11 is 0. The van der Waals surface area contributed by atoms with Crippen molar-refractivity contribution in [3.05, 3.63) is 17.7 Å². The Morgan fingerprint density at radius 1 is 0.947 bits per heavy atom. The average molecular weight is 267 g/mol. The maximum Gasteiger partial charge on any atom is 0.203 e. The lowest BCUT2D eigenvalue weighted by molar-refractivity contribution is 0.323. The van der Waals surface area contributed by atoms with Gasteiger partial charge in [0.15, 0.2) is 11.5 Å². The Kier molecular flexibility index (Phi) is 5.96. The van der Waals surface area contributed by atoms with E-state index in [0.29, 0.717) is 23.2 Å². The van der Waals surface area contributed by atoms with Crippen molar-refractivity contribution in [2.75, 3.05) is 21.3 Å². The van der Waals surface area contributed by atoms with Crippen molar-refractivity contribution >= 4 is 0 Å². The molecule has 0 heterocycles. The zero-order valence-corrected chi connectivity index (χ0v) is 12.5. The van der Waals surface area contributed by atoms with Crippen molar-refractivity contribution in [1.82, 2.24) is 0 Å². The molecule has 1 rings (SSSR count). The second kappa shape index (κ2) is 7.24. The lowest BCUT2D eigenvalue weighted by Gasteiger charge is -2.18. The van der Waals surface area contributed by atoms with Crippen LogP contribution in [-0.4, -0.2) is 21.3 Å². The normalized spacial score (nSPS) is 12.4. The molecular weight excluding hydrogens is 242 g/mol. The smallest absolute Gasteiger partial charge is 0.203 e. The summed E-state index contributed by atoms with van der Waals surface area (Å²) in [4.78, 5) is 0. The largest absolute Gasteiger partial charge is 0.493 e. The monoisotopic (exact) mass is 267 g/mol. The van der Waals surface area contributed by atoms with E-state index in [1.165, 1.54) is 0 Å². The lowest BCUT2D eigenvalue weighted by atomic mass is 9.98. The third-order valence-electron chi connectivity index (χ3n) is 3.17. The summed E-state index contributed by atoms with van der Waals surface area (Å²) in [6.45, 7) is 4.39. The number of hydrogen-bond acceptors (Lipinski definition) is 4. The molecule has 4 nitrogen and oxygen atoms in total. The third kappa shape index (κ3) is 4.03. The first-order chi connectivity index (χ1) is 9.03. The first kappa shape index (κ1) is 15.6. The predicted molar refractivity (Wildman–Crippen MR) is 77.1 cm³/mol. The molecule has 19 heavy (non-hydrogen) atoms. The molecule has 1 aromatic carbocycles. The van der Waals surface area contributed by atoms with Gasteiger partial charge in [-0.15, -0.1) is 0 Å². The highest BCUT2D eigenvalue weighted by Crippen LogP contribution is 2.39. The standard InChI is InChI=1S/C15H25NO3/c1-10(2)6-7-12(16)11-8-13(17-3)15(19-5)14(9-11)18-4/h8-10,12H,6-7,16H2,1-5H3/t12-/m1/s1. The third-order valence-corrected chi connectivity index (χ3v) is 3.17. The van der Waals surface area contributed by atoms with Gasteiger partial charge in [-0.1, -0.05) is 13.8 Å². The van der Waals surface area contributed by atoms with E-state index in [9.17, 15) is 0 Å². The van der Waals surface area contributed by atoms with Gasteiger partial charge in [0.1, 0.15) is 0 Å². The van der Waals surface area contributed by atoms with Gasteiger partial charge >= 0.3 is 0 Å². The second-order valence-electron chi connectivity index (χ2n) is 5.04. The molecule has 0 aliphatic carbocycles. The Morgan fingerprint density at radius 3 is 1.84 bits per heavy atom. The first-order valence-corrected chi connectivity index (χ1v) is 6.59. The van der Waals surface area contributed by atoms with E-state index >= 15 is 0 Å². The molecule has 0 bridgehead atoms. The van der Waals surface area contributed by atoms with Crippen LogP contribution >= 0.6 is 0 Å². The van der Waals surface area contributed by atoms with Crippen molar-refractivity contribution < 1.29 is 14.2 Å². The fraction of sp³-hybridized carbons (Fsp3) is 0.600. The zero-order valence-electron chi connectivity index (χ0n) is 12.5. The maximum atomic E-state index is 6.23. The quantitative estimate of drug-likeness (QED) is 0.824. The highest BCUT2D eigenvalue weighted by atomic mass is 16.5. The fourth-order valence-electron chi connectivity index (χ4n) is 2.00. The van der Waals surface area contributed by atoms with Crippen LogP contribution in [-0.2, 0) is 0 Å². The van der Waals surface area contributed by atoms with Crippen LogP contribution in [0.4, 0.5) is 0 Å². The van der Waals surface area contributed by atoms with Gasteiger partial charge in [-0.3, -0.25) is 0 Å². The molecule has 2 N–H and O–H groups in total. The molecule has 0 saturated carbocycles. The van der Waals surface area contributed by atoms with Crippen molar-refractivity contribution in [2.45, 2.75) is 32.7 Å². The Labute approximate surface area is 115 Å². The zero-order chi connectivity index (χ0) is 14.4. The van der Waals surface area contributed by atoms with E-state index in [-0.39, 0.29) is 6.04 Å². The Hall–Kier alpha value is -1.42. The van der Waals surface area contributed by atoms with Gasteiger partial charge < -0.3 is 19.9 Å². The summed E-state index contributed by atoms with van der Waals surface area (Å²) in [5.41, 5.74) is 7.24. The molecule has 0 radical (unpaired) electrons. The summed E-state index contributed by atoms with van der Waals surface area (Å²) < 4.78 is 16.0. The van der Waals surface area contributed by atoms with Crippen LogP contribution in [0.25, 0.3) is 0 Å². The minimum atomic E-state index is -0.0175. The summed E-state index contributed by atoms with van der Waals surface area (Å²) in [5, 5.41) is 0. The summed E-state index contributed by atoms with van der Waals surface area (Å²) in [6.07, 6.45) is 2.04. The summed E-state index contributed by atoms with van der Waals surface area (Å²) in [6, 6.07) is 3.83. The minimum Gasteiger partial charge on any atom is -0.493 e. The Balaban J connectivity index is 3.01. The molecule has 108 valence electrons. The number of benzene rings is 1. The molecule has 0 spiro atoms. The van der Waals surface area contributed by atoms with Crippen molar-refractivity contribution in [3.63, 3.8) is 0 Å². The van der Waals surface area contributed by atoms with E-state index in [4.69, 9.17) is 19.9 Å². The maximum absolute atomic E-state index is 6.23. The predicted octanol–water partition coefficient (Wildman–Crippen LogP) is 3.15. The second-order valence-corrected chi connectivity index (χ2v) is 5.04. The van der Waals surface area contributed by atoms with Crippen molar-refractivity contribution in [2.24, 2.45) is 11.7 Å². The van der Waals surface area contributed by atoms with E-state index in [0.717, 1.165) is 18.4 Å². The molecule has 0 amide bonds. The van der Waals surface area contributed by atoms with Gasteiger partial charge in [0.2, 0.25) is 5.75 Å². The van der Waals surface area contributed by atoms with Crippen LogP contribution in [0, 0.1) is 5.92 Å². The molecule has 0 fully saturated rings. The number of hydrogen-bond donors (Lipinski definition) is 1. The van der Waals surface area contributed by atoms with E-state index < -0.39 is 0 Å². The topological polar surface area (TPSA) is 53.7 Å². The molecule has 0 aliphatic heterocycles. The van der Waals surface area contributed by atoms with Gasteiger partial charge in [0.25, 0.3) is 0 Å². The van der Waals surface area contributed by atoms with Crippen LogP contribution in [0.1, 0.15) is 38.3 Å². The molecule has 0 aliphatic rings. The number of methoxy groups -OCH3 is 3. The molecule has 1 atom stereocenters. The van der Waals surface area contributed by atoms with Gasteiger partial charge in [-0.25, -0.2) is 0 Å². The molecule has 0 saturated heterocycles. The Morgan fingerprint density at radius 2 is 1.47 bits per heavy atom. The van der Waals surface area contributed by atoms with Gasteiger partial charge in [0, 0.05) is 6.04 Å². The minimum absolute atomic E-state index is 0.0175. The molecule has 0 aromatic heterocycles. The van der Waals surface area contributed by atoms with Crippen molar-refractivity contribution in [1.29, 1.82) is 0 Å². The number of nitrogens with two attached hydrogens (primary N) is 1. The van der Waals surface area contributed by atoms with Crippen LogP contribution in [0.5, 0.6) is 17.2 Å². The van der Waals surface area contributed by atoms with Crippen LogP contribution in [0.2, 0.25) is 0 Å². The molecule has 4 heteroatoms.